The summed E-state index contributed by atoms with van der Waals surface area (Å²) in [5, 5.41) is 10.5. The normalized spacial score (nSPS) is 42.8. The number of rotatable bonds is 7. The molecule has 34 heavy (non-hydrogen) atoms. The predicted molar refractivity (Wildman–Crippen MR) is 133 cm³/mol. The Morgan fingerprint density at radius 1 is 1.18 bits per heavy atom. The second kappa shape index (κ2) is 9.52. The van der Waals surface area contributed by atoms with Crippen LogP contribution in [0.3, 0.4) is 0 Å². The van der Waals surface area contributed by atoms with Gasteiger partial charge >= 0.3 is 5.97 Å². The van der Waals surface area contributed by atoms with Crippen molar-refractivity contribution in [3.63, 3.8) is 0 Å². The molecular weight excluding hydrogens is 428 g/mol. The average molecular weight is 477 g/mol. The van der Waals surface area contributed by atoms with E-state index >= 15 is 0 Å². The van der Waals surface area contributed by atoms with E-state index in [9.17, 15) is 9.90 Å². The summed E-state index contributed by atoms with van der Waals surface area (Å²) in [7, 11) is 3.07. The monoisotopic (exact) mass is 476 g/mol. The molecule has 0 aromatic carbocycles. The molecule has 9 atom stereocenters. The summed E-state index contributed by atoms with van der Waals surface area (Å²) in [5.41, 5.74) is 1.63. The fraction of sp³-hybridized carbons (Fsp3) is 0.897. The molecule has 0 aromatic rings. The number of carbonyl (C=O) groups is 1. The zero-order valence-corrected chi connectivity index (χ0v) is 22.6. The largest absolute Gasteiger partial charge is 0.467 e. The Bertz CT molecular complexity index is 789. The van der Waals surface area contributed by atoms with Crippen LogP contribution >= 0.6 is 0 Å². The molecule has 0 radical (unpaired) electrons. The summed E-state index contributed by atoms with van der Waals surface area (Å²) >= 11 is 0. The van der Waals surface area contributed by atoms with E-state index in [-0.39, 0.29) is 16.9 Å². The van der Waals surface area contributed by atoms with Crippen molar-refractivity contribution in [3.8, 4) is 0 Å². The Balaban J connectivity index is 1.62. The van der Waals surface area contributed by atoms with Gasteiger partial charge in [-0.1, -0.05) is 52.7 Å². The highest BCUT2D eigenvalue weighted by molar-refractivity contribution is 5.74. The van der Waals surface area contributed by atoms with Gasteiger partial charge in [-0.25, -0.2) is 4.79 Å². The predicted octanol–water partition coefficient (Wildman–Crippen LogP) is 5.75. The quantitative estimate of drug-likeness (QED) is 0.288. The van der Waals surface area contributed by atoms with Gasteiger partial charge in [0.05, 0.1) is 13.2 Å². The molecule has 0 aromatic heterocycles. The van der Waals surface area contributed by atoms with E-state index in [1.54, 1.807) is 7.11 Å². The van der Waals surface area contributed by atoms with Crippen LogP contribution in [0.5, 0.6) is 0 Å². The van der Waals surface area contributed by atoms with Gasteiger partial charge < -0.3 is 19.3 Å². The first-order valence-corrected chi connectivity index (χ1v) is 13.6. The first kappa shape index (κ1) is 26.2. The van der Waals surface area contributed by atoms with Gasteiger partial charge in [0.25, 0.3) is 0 Å². The lowest BCUT2D eigenvalue weighted by molar-refractivity contribution is -0.199. The molecule has 5 nitrogen and oxygen atoms in total. The van der Waals surface area contributed by atoms with Gasteiger partial charge in [0.1, 0.15) is 6.79 Å². The van der Waals surface area contributed by atoms with Crippen LogP contribution in [-0.2, 0) is 19.0 Å². The van der Waals surface area contributed by atoms with E-state index in [4.69, 9.17) is 14.2 Å². The minimum atomic E-state index is -1.09. The molecule has 4 rings (SSSR count). The average Bonchev–Trinajstić information content (AvgIpc) is 3.15. The van der Waals surface area contributed by atoms with Crippen molar-refractivity contribution in [2.75, 3.05) is 21.0 Å². The third kappa shape index (κ3) is 4.28. The Labute approximate surface area is 207 Å². The lowest BCUT2D eigenvalue weighted by Gasteiger charge is -2.63. The SMILES string of the molecule is COCOC1C[C@@H]2C[C@H](C)CC[C@]2(C)C2CC[C@]3(C)C(C(C)(C)C[C@@H](O)C(=O)OC)=CC[C@H]3C12. The molecule has 3 fully saturated rings. The third-order valence-corrected chi connectivity index (χ3v) is 10.8. The fourth-order valence-corrected chi connectivity index (χ4v) is 9.18. The van der Waals surface area contributed by atoms with Gasteiger partial charge in [-0.3, -0.25) is 0 Å². The first-order chi connectivity index (χ1) is 16.0. The number of allylic oxidation sites excluding steroid dienone is 2. The molecule has 0 bridgehead atoms. The molecule has 194 valence electrons. The molecule has 0 amide bonds. The summed E-state index contributed by atoms with van der Waals surface area (Å²) < 4.78 is 16.7. The molecule has 1 N–H and O–H groups in total. The lowest BCUT2D eigenvalue weighted by Crippen LogP contribution is -2.58. The number of ether oxygens (including phenoxy) is 3. The van der Waals surface area contributed by atoms with Crippen molar-refractivity contribution in [3.05, 3.63) is 11.6 Å². The van der Waals surface area contributed by atoms with Gasteiger partial charge in [-0.2, -0.15) is 0 Å². The molecule has 0 saturated heterocycles. The van der Waals surface area contributed by atoms with Crippen molar-refractivity contribution >= 4 is 5.97 Å². The van der Waals surface area contributed by atoms with Crippen LogP contribution in [0.2, 0.25) is 0 Å². The van der Waals surface area contributed by atoms with Crippen molar-refractivity contribution < 1.29 is 24.1 Å². The number of carbonyl (C=O) groups excluding carboxylic acids is 1. The minimum absolute atomic E-state index is 0.0698. The van der Waals surface area contributed by atoms with Gasteiger partial charge in [0, 0.05) is 7.11 Å². The minimum Gasteiger partial charge on any atom is -0.467 e. The topological polar surface area (TPSA) is 65.0 Å². The third-order valence-electron chi connectivity index (χ3n) is 10.8. The van der Waals surface area contributed by atoms with Crippen LogP contribution in [0.15, 0.2) is 11.6 Å². The van der Waals surface area contributed by atoms with Gasteiger partial charge in [-0.15, -0.1) is 0 Å². The highest BCUT2D eigenvalue weighted by atomic mass is 16.7. The molecule has 5 heteroatoms. The first-order valence-electron chi connectivity index (χ1n) is 13.6. The molecule has 0 aliphatic heterocycles. The van der Waals surface area contributed by atoms with Gasteiger partial charge in [-0.05, 0) is 90.8 Å². The van der Waals surface area contributed by atoms with E-state index < -0.39 is 12.1 Å². The van der Waals surface area contributed by atoms with E-state index in [1.165, 1.54) is 44.8 Å². The Hall–Kier alpha value is -0.910. The van der Waals surface area contributed by atoms with Crippen molar-refractivity contribution in [2.24, 2.45) is 45.8 Å². The van der Waals surface area contributed by atoms with E-state index in [1.807, 2.05) is 0 Å². The van der Waals surface area contributed by atoms with Gasteiger partial charge in [0.2, 0.25) is 0 Å². The second-order valence-electron chi connectivity index (χ2n) is 13.2. The number of aliphatic hydroxyl groups excluding tert-OH is 1. The van der Waals surface area contributed by atoms with Crippen LogP contribution in [0.25, 0.3) is 0 Å². The fourth-order valence-electron chi connectivity index (χ4n) is 9.18. The smallest absolute Gasteiger partial charge is 0.334 e. The number of methoxy groups -OCH3 is 2. The van der Waals surface area contributed by atoms with E-state index in [0.717, 1.165) is 24.7 Å². The van der Waals surface area contributed by atoms with E-state index in [2.05, 4.69) is 40.7 Å². The van der Waals surface area contributed by atoms with E-state index in [0.29, 0.717) is 36.4 Å². The second-order valence-corrected chi connectivity index (χ2v) is 13.2. The summed E-state index contributed by atoms with van der Waals surface area (Å²) in [5.74, 6) is 2.77. The molecule has 3 unspecified atom stereocenters. The molecule has 0 spiro atoms. The summed E-state index contributed by atoms with van der Waals surface area (Å²) in [6, 6.07) is 0. The molecule has 4 aliphatic carbocycles. The summed E-state index contributed by atoms with van der Waals surface area (Å²) in [4.78, 5) is 12.0. The number of aliphatic hydroxyl groups is 1. The van der Waals surface area contributed by atoms with Crippen molar-refractivity contribution in [2.45, 2.75) is 98.2 Å². The number of esters is 1. The maximum Gasteiger partial charge on any atom is 0.334 e. The number of hydrogen-bond acceptors (Lipinski definition) is 5. The van der Waals surface area contributed by atoms with Crippen LogP contribution in [0.1, 0.15) is 86.0 Å². The molecular formula is C29H48O5. The number of fused-ring (bicyclic) bond motifs is 5. The Morgan fingerprint density at radius 2 is 1.91 bits per heavy atom. The van der Waals surface area contributed by atoms with Gasteiger partial charge in [0.15, 0.2) is 6.10 Å². The van der Waals surface area contributed by atoms with Crippen LogP contribution in [0.4, 0.5) is 0 Å². The standard InChI is InChI=1S/C29H48O5/c1-18-10-12-28(4)19(14-18)15-23(34-17-32-6)25-20-8-9-24(29(20,5)13-11-21(25)28)27(2,3)16-22(30)26(31)33-7/h9,18-23,25,30H,8,10-17H2,1-7H3/t18-,19+,20+,21?,22-,23?,25?,28+,29+/m1/s1. The highest BCUT2D eigenvalue weighted by Gasteiger charge is 2.62. The Morgan fingerprint density at radius 3 is 2.59 bits per heavy atom. The van der Waals surface area contributed by atoms with Crippen molar-refractivity contribution in [1.82, 2.24) is 0 Å². The highest BCUT2D eigenvalue weighted by Crippen LogP contribution is 2.68. The number of hydrogen-bond donors (Lipinski definition) is 1. The summed E-state index contributed by atoms with van der Waals surface area (Å²) in [6.07, 6.45) is 10.6. The molecule has 4 aliphatic rings. The van der Waals surface area contributed by atoms with Crippen LogP contribution in [0, 0.1) is 45.8 Å². The summed E-state index contributed by atoms with van der Waals surface area (Å²) in [6.45, 7) is 12.2. The zero-order valence-electron chi connectivity index (χ0n) is 22.6. The van der Waals surface area contributed by atoms with Crippen LogP contribution in [-0.4, -0.2) is 44.3 Å². The van der Waals surface area contributed by atoms with Crippen LogP contribution < -0.4 is 0 Å². The zero-order chi connectivity index (χ0) is 24.9. The Kier molecular flexibility index (Phi) is 7.32. The molecule has 3 saturated carbocycles. The molecule has 0 heterocycles. The maximum absolute atomic E-state index is 12.0. The van der Waals surface area contributed by atoms with Crippen molar-refractivity contribution in [1.29, 1.82) is 0 Å². The lowest BCUT2D eigenvalue weighted by atomic mass is 9.43. The maximum atomic E-state index is 12.0.